The molecule has 1 fully saturated rings. The number of nitrogens with one attached hydrogen (secondary N) is 1. The zero-order valence-electron chi connectivity index (χ0n) is 10.5. The van der Waals surface area contributed by atoms with Gasteiger partial charge in [0.25, 0.3) is 5.91 Å². The Morgan fingerprint density at radius 1 is 1.47 bits per heavy atom. The first kappa shape index (κ1) is 14.4. The molecule has 1 aliphatic rings. The Kier molecular flexibility index (Phi) is 4.91. The van der Waals surface area contributed by atoms with Crippen molar-refractivity contribution in [1.82, 2.24) is 5.32 Å². The smallest absolute Gasteiger partial charge is 0.251 e. The van der Waals surface area contributed by atoms with Crippen LogP contribution in [0.1, 0.15) is 23.2 Å². The van der Waals surface area contributed by atoms with E-state index < -0.39 is 0 Å². The molecule has 1 N–H and O–H groups in total. The topological polar surface area (TPSA) is 47.6 Å². The Morgan fingerprint density at radius 2 is 2.16 bits per heavy atom. The van der Waals surface area contributed by atoms with Crippen molar-refractivity contribution in [1.29, 1.82) is 0 Å². The van der Waals surface area contributed by atoms with Gasteiger partial charge in [-0.05, 0) is 25.0 Å². The molecule has 0 radical (unpaired) electrons. The number of carbonyl (C=O) groups excluding carboxylic acids is 1. The lowest BCUT2D eigenvalue weighted by atomic mass is 10.2. The molecule has 0 aromatic heterocycles. The molecule has 1 saturated heterocycles. The molecule has 1 aromatic rings. The van der Waals surface area contributed by atoms with Crippen molar-refractivity contribution in [3.8, 4) is 5.75 Å². The van der Waals surface area contributed by atoms with Gasteiger partial charge in [-0.1, -0.05) is 23.2 Å². The van der Waals surface area contributed by atoms with Gasteiger partial charge in [-0.25, -0.2) is 0 Å². The fourth-order valence-electron chi connectivity index (χ4n) is 2.00. The van der Waals surface area contributed by atoms with Gasteiger partial charge in [0, 0.05) is 18.7 Å². The maximum Gasteiger partial charge on any atom is 0.251 e. The molecule has 0 saturated carbocycles. The third-order valence-corrected chi connectivity index (χ3v) is 3.54. The van der Waals surface area contributed by atoms with Crippen LogP contribution < -0.4 is 10.1 Å². The molecule has 1 unspecified atom stereocenters. The minimum Gasteiger partial charge on any atom is -0.494 e. The molecule has 0 aliphatic carbocycles. The van der Waals surface area contributed by atoms with E-state index in [1.165, 1.54) is 19.2 Å². The van der Waals surface area contributed by atoms with Crippen LogP contribution in [0.4, 0.5) is 0 Å². The monoisotopic (exact) mass is 303 g/mol. The molecular weight excluding hydrogens is 289 g/mol. The van der Waals surface area contributed by atoms with Crippen LogP contribution in [0, 0.1) is 0 Å². The van der Waals surface area contributed by atoms with E-state index in [1.54, 1.807) is 0 Å². The van der Waals surface area contributed by atoms with Gasteiger partial charge in [0.1, 0.15) is 0 Å². The predicted molar refractivity (Wildman–Crippen MR) is 74.3 cm³/mol. The summed E-state index contributed by atoms with van der Waals surface area (Å²) in [5, 5.41) is 3.44. The van der Waals surface area contributed by atoms with Gasteiger partial charge in [0.15, 0.2) is 5.75 Å². The van der Waals surface area contributed by atoms with Crippen LogP contribution in [0.25, 0.3) is 0 Å². The molecular formula is C13H15Cl2NO3. The maximum atomic E-state index is 12.0. The van der Waals surface area contributed by atoms with Crippen molar-refractivity contribution in [2.45, 2.75) is 18.9 Å². The molecule has 1 heterocycles. The summed E-state index contributed by atoms with van der Waals surface area (Å²) < 4.78 is 10.5. The van der Waals surface area contributed by atoms with Gasteiger partial charge in [0.2, 0.25) is 0 Å². The predicted octanol–water partition coefficient (Wildman–Crippen LogP) is 2.91. The number of methoxy groups -OCH3 is 1. The SMILES string of the molecule is COc1c(Cl)cc(C(=O)NCC2CCCO2)cc1Cl. The first-order chi connectivity index (χ1) is 9.11. The van der Waals surface area contributed by atoms with E-state index in [9.17, 15) is 4.79 Å². The highest BCUT2D eigenvalue weighted by Gasteiger charge is 2.18. The van der Waals surface area contributed by atoms with Crippen LogP contribution in [0.5, 0.6) is 5.75 Å². The van der Waals surface area contributed by atoms with E-state index in [-0.39, 0.29) is 12.0 Å². The highest BCUT2D eigenvalue weighted by atomic mass is 35.5. The number of carbonyl (C=O) groups is 1. The van der Waals surface area contributed by atoms with E-state index in [1.807, 2.05) is 0 Å². The lowest BCUT2D eigenvalue weighted by molar-refractivity contribution is 0.0858. The van der Waals surface area contributed by atoms with Crippen LogP contribution >= 0.6 is 23.2 Å². The molecule has 2 rings (SSSR count). The normalized spacial score (nSPS) is 18.4. The zero-order chi connectivity index (χ0) is 13.8. The zero-order valence-corrected chi connectivity index (χ0v) is 12.1. The summed E-state index contributed by atoms with van der Waals surface area (Å²) >= 11 is 12.0. The quantitative estimate of drug-likeness (QED) is 0.930. The number of hydrogen-bond donors (Lipinski definition) is 1. The highest BCUT2D eigenvalue weighted by molar-refractivity contribution is 6.37. The lowest BCUT2D eigenvalue weighted by Gasteiger charge is -2.12. The van der Waals surface area contributed by atoms with Crippen molar-refractivity contribution in [3.05, 3.63) is 27.7 Å². The summed E-state index contributed by atoms with van der Waals surface area (Å²) in [4.78, 5) is 12.0. The van der Waals surface area contributed by atoms with Gasteiger partial charge in [-0.2, -0.15) is 0 Å². The largest absolute Gasteiger partial charge is 0.494 e. The lowest BCUT2D eigenvalue weighted by Crippen LogP contribution is -2.31. The molecule has 19 heavy (non-hydrogen) atoms. The molecule has 1 amide bonds. The van der Waals surface area contributed by atoms with Crippen LogP contribution in [-0.2, 0) is 4.74 Å². The summed E-state index contributed by atoms with van der Waals surface area (Å²) in [6.07, 6.45) is 2.12. The van der Waals surface area contributed by atoms with Gasteiger partial charge in [0.05, 0.1) is 23.3 Å². The Labute approximate surface area is 122 Å². The minimum absolute atomic E-state index is 0.105. The van der Waals surface area contributed by atoms with Crippen molar-refractivity contribution < 1.29 is 14.3 Å². The van der Waals surface area contributed by atoms with E-state index >= 15 is 0 Å². The molecule has 0 bridgehead atoms. The second-order valence-electron chi connectivity index (χ2n) is 4.32. The minimum atomic E-state index is -0.220. The number of amides is 1. The Bertz CT molecular complexity index is 450. The molecule has 0 spiro atoms. The van der Waals surface area contributed by atoms with Crippen molar-refractivity contribution in [2.24, 2.45) is 0 Å². The van der Waals surface area contributed by atoms with Crippen LogP contribution in [0.2, 0.25) is 10.0 Å². The second-order valence-corrected chi connectivity index (χ2v) is 5.13. The number of ether oxygens (including phenoxy) is 2. The molecule has 1 atom stereocenters. The molecule has 4 nitrogen and oxygen atoms in total. The number of benzene rings is 1. The third kappa shape index (κ3) is 3.53. The molecule has 1 aliphatic heterocycles. The summed E-state index contributed by atoms with van der Waals surface area (Å²) in [6.45, 7) is 1.26. The van der Waals surface area contributed by atoms with Crippen molar-refractivity contribution in [2.75, 3.05) is 20.3 Å². The number of hydrogen-bond acceptors (Lipinski definition) is 3. The van der Waals surface area contributed by atoms with E-state index in [2.05, 4.69) is 5.32 Å². The summed E-state index contributed by atoms with van der Waals surface area (Å²) in [7, 11) is 1.48. The fourth-order valence-corrected chi connectivity index (χ4v) is 2.64. The van der Waals surface area contributed by atoms with Crippen molar-refractivity contribution in [3.63, 3.8) is 0 Å². The summed E-state index contributed by atoms with van der Waals surface area (Å²) in [5.41, 5.74) is 0.411. The summed E-state index contributed by atoms with van der Waals surface area (Å²) in [6, 6.07) is 3.08. The van der Waals surface area contributed by atoms with Crippen molar-refractivity contribution >= 4 is 29.1 Å². The third-order valence-electron chi connectivity index (χ3n) is 2.98. The highest BCUT2D eigenvalue weighted by Crippen LogP contribution is 2.33. The average Bonchev–Trinajstić information content (AvgIpc) is 2.88. The maximum absolute atomic E-state index is 12.0. The Balaban J connectivity index is 2.02. The first-order valence-corrected chi connectivity index (χ1v) is 6.80. The Hall–Kier alpha value is -0.970. The molecule has 6 heteroatoms. The average molecular weight is 304 g/mol. The second kappa shape index (κ2) is 6.46. The van der Waals surface area contributed by atoms with Crippen LogP contribution in [-0.4, -0.2) is 32.3 Å². The van der Waals surface area contributed by atoms with E-state index in [0.29, 0.717) is 27.9 Å². The number of rotatable bonds is 4. The van der Waals surface area contributed by atoms with E-state index in [0.717, 1.165) is 19.4 Å². The van der Waals surface area contributed by atoms with Crippen LogP contribution in [0.3, 0.4) is 0 Å². The van der Waals surface area contributed by atoms with Gasteiger partial charge < -0.3 is 14.8 Å². The van der Waals surface area contributed by atoms with Gasteiger partial charge >= 0.3 is 0 Å². The molecule has 1 aromatic carbocycles. The van der Waals surface area contributed by atoms with E-state index in [4.69, 9.17) is 32.7 Å². The standard InChI is InChI=1S/C13H15Cl2NO3/c1-18-12-10(14)5-8(6-11(12)15)13(17)16-7-9-3-2-4-19-9/h5-6,9H,2-4,7H2,1H3,(H,16,17). The van der Waals surface area contributed by atoms with Gasteiger partial charge in [-0.3, -0.25) is 4.79 Å². The fraction of sp³-hybridized carbons (Fsp3) is 0.462. The summed E-state index contributed by atoms with van der Waals surface area (Å²) in [5.74, 6) is 0.154. The van der Waals surface area contributed by atoms with Gasteiger partial charge in [-0.15, -0.1) is 0 Å². The Morgan fingerprint density at radius 3 is 2.68 bits per heavy atom. The van der Waals surface area contributed by atoms with Crippen LogP contribution in [0.15, 0.2) is 12.1 Å². The molecule has 104 valence electrons. The number of halogens is 2. The first-order valence-electron chi connectivity index (χ1n) is 6.04.